The summed E-state index contributed by atoms with van der Waals surface area (Å²) in [4.78, 5) is 3.23. The van der Waals surface area contributed by atoms with Crippen LogP contribution in [-0.4, -0.2) is 22.3 Å². The van der Waals surface area contributed by atoms with E-state index in [0.717, 1.165) is 29.0 Å². The Morgan fingerprint density at radius 2 is 2.06 bits per heavy atom. The normalized spacial score (nSPS) is 16.7. The van der Waals surface area contributed by atoms with Gasteiger partial charge in [-0.25, -0.2) is 0 Å². The SMILES string of the molecule is S=c1[nH]c2ccccc2n1CCOC1CCCC1. The van der Waals surface area contributed by atoms with Crippen molar-refractivity contribution in [1.29, 1.82) is 0 Å². The van der Waals surface area contributed by atoms with Gasteiger partial charge in [0.15, 0.2) is 4.77 Å². The van der Waals surface area contributed by atoms with Crippen LogP contribution in [0.5, 0.6) is 0 Å². The summed E-state index contributed by atoms with van der Waals surface area (Å²) in [5.41, 5.74) is 2.26. The standard InChI is InChI=1S/C14H18N2OS/c18-14-15-12-7-3-4-8-13(12)16(14)9-10-17-11-5-1-2-6-11/h3-4,7-8,11H,1-2,5-6,9-10H2,(H,15,18). The fourth-order valence-electron chi connectivity index (χ4n) is 2.69. The number of ether oxygens (including phenoxy) is 1. The van der Waals surface area contributed by atoms with E-state index in [2.05, 4.69) is 21.7 Å². The van der Waals surface area contributed by atoms with Crippen LogP contribution < -0.4 is 0 Å². The Morgan fingerprint density at radius 1 is 1.28 bits per heavy atom. The van der Waals surface area contributed by atoms with Crippen molar-refractivity contribution >= 4 is 23.3 Å². The maximum Gasteiger partial charge on any atom is 0.178 e. The van der Waals surface area contributed by atoms with Crippen LogP contribution in [-0.2, 0) is 11.3 Å². The number of aromatic amines is 1. The van der Waals surface area contributed by atoms with Crippen LogP contribution in [0, 0.1) is 4.77 Å². The number of imidazole rings is 1. The molecule has 2 aromatic rings. The largest absolute Gasteiger partial charge is 0.376 e. The van der Waals surface area contributed by atoms with Crippen molar-refractivity contribution in [3.05, 3.63) is 29.0 Å². The van der Waals surface area contributed by atoms with Gasteiger partial charge in [0.25, 0.3) is 0 Å². The number of nitrogens with one attached hydrogen (secondary N) is 1. The second-order valence-electron chi connectivity index (χ2n) is 4.88. The Kier molecular flexibility index (Phi) is 3.48. The number of fused-ring (bicyclic) bond motifs is 1. The number of H-pyrrole nitrogens is 1. The second-order valence-corrected chi connectivity index (χ2v) is 5.26. The highest BCUT2D eigenvalue weighted by molar-refractivity contribution is 7.71. The maximum absolute atomic E-state index is 5.90. The first kappa shape index (κ1) is 11.9. The fraction of sp³-hybridized carbons (Fsp3) is 0.500. The van der Waals surface area contributed by atoms with Gasteiger partial charge in [0, 0.05) is 6.54 Å². The average Bonchev–Trinajstić information content (AvgIpc) is 2.98. The molecule has 0 unspecified atom stereocenters. The molecule has 0 amide bonds. The molecule has 1 fully saturated rings. The molecule has 4 heteroatoms. The van der Waals surface area contributed by atoms with Crippen LogP contribution in [0.1, 0.15) is 25.7 Å². The predicted octanol–water partition coefficient (Wildman–Crippen LogP) is 3.66. The van der Waals surface area contributed by atoms with E-state index >= 15 is 0 Å². The quantitative estimate of drug-likeness (QED) is 0.852. The van der Waals surface area contributed by atoms with E-state index in [9.17, 15) is 0 Å². The molecule has 0 radical (unpaired) electrons. The van der Waals surface area contributed by atoms with Gasteiger partial charge < -0.3 is 14.3 Å². The van der Waals surface area contributed by atoms with Crippen molar-refractivity contribution in [2.24, 2.45) is 0 Å². The number of rotatable bonds is 4. The lowest BCUT2D eigenvalue weighted by molar-refractivity contribution is 0.0533. The van der Waals surface area contributed by atoms with Gasteiger partial charge in [-0.3, -0.25) is 0 Å². The minimum absolute atomic E-state index is 0.476. The summed E-state index contributed by atoms with van der Waals surface area (Å²) in [5.74, 6) is 0. The number of aromatic nitrogens is 2. The Hall–Kier alpha value is -1.13. The first-order valence-corrected chi connectivity index (χ1v) is 7.04. The zero-order chi connectivity index (χ0) is 12.4. The van der Waals surface area contributed by atoms with Crippen LogP contribution in [0.4, 0.5) is 0 Å². The summed E-state index contributed by atoms with van der Waals surface area (Å²) < 4.78 is 8.81. The molecule has 18 heavy (non-hydrogen) atoms. The zero-order valence-corrected chi connectivity index (χ0v) is 11.2. The predicted molar refractivity (Wildman–Crippen MR) is 75.3 cm³/mol. The van der Waals surface area contributed by atoms with Gasteiger partial charge in [0.1, 0.15) is 0 Å². The Balaban J connectivity index is 1.70. The van der Waals surface area contributed by atoms with E-state index in [0.29, 0.717) is 6.10 Å². The lowest BCUT2D eigenvalue weighted by Gasteiger charge is -2.11. The molecule has 0 aliphatic heterocycles. The molecule has 0 atom stereocenters. The van der Waals surface area contributed by atoms with Crippen molar-refractivity contribution < 1.29 is 4.74 Å². The van der Waals surface area contributed by atoms with Gasteiger partial charge in [-0.15, -0.1) is 0 Å². The van der Waals surface area contributed by atoms with Gasteiger partial charge >= 0.3 is 0 Å². The number of hydrogen-bond acceptors (Lipinski definition) is 2. The van der Waals surface area contributed by atoms with E-state index in [1.54, 1.807) is 0 Å². The number of hydrogen-bond donors (Lipinski definition) is 1. The third kappa shape index (κ3) is 2.35. The highest BCUT2D eigenvalue weighted by Crippen LogP contribution is 2.21. The monoisotopic (exact) mass is 262 g/mol. The molecule has 1 aromatic carbocycles. The molecule has 1 aliphatic carbocycles. The Bertz CT molecular complexity index is 581. The van der Waals surface area contributed by atoms with Crippen molar-refractivity contribution in [3.8, 4) is 0 Å². The third-order valence-corrected chi connectivity index (χ3v) is 3.97. The molecular weight excluding hydrogens is 244 g/mol. The summed E-state index contributed by atoms with van der Waals surface area (Å²) in [5, 5.41) is 0. The summed E-state index contributed by atoms with van der Waals surface area (Å²) >= 11 is 5.35. The molecule has 1 saturated carbocycles. The van der Waals surface area contributed by atoms with Gasteiger partial charge in [-0.05, 0) is 37.2 Å². The summed E-state index contributed by atoms with van der Waals surface area (Å²) in [7, 11) is 0. The van der Waals surface area contributed by atoms with E-state index < -0.39 is 0 Å². The maximum atomic E-state index is 5.90. The fourth-order valence-corrected chi connectivity index (χ4v) is 2.99. The Morgan fingerprint density at radius 3 is 2.89 bits per heavy atom. The molecule has 1 heterocycles. The van der Waals surface area contributed by atoms with Crippen LogP contribution in [0.25, 0.3) is 11.0 Å². The zero-order valence-electron chi connectivity index (χ0n) is 10.4. The highest BCUT2D eigenvalue weighted by atomic mass is 32.1. The van der Waals surface area contributed by atoms with E-state index in [1.165, 1.54) is 25.7 Å². The van der Waals surface area contributed by atoms with E-state index in [1.807, 2.05) is 12.1 Å². The first-order chi connectivity index (χ1) is 8.84. The molecule has 0 bridgehead atoms. The van der Waals surface area contributed by atoms with Crippen molar-refractivity contribution in [2.75, 3.05) is 6.61 Å². The van der Waals surface area contributed by atoms with Crippen LogP contribution >= 0.6 is 12.2 Å². The molecule has 0 saturated heterocycles. The van der Waals surface area contributed by atoms with Gasteiger partial charge in [-0.2, -0.15) is 0 Å². The van der Waals surface area contributed by atoms with Crippen molar-refractivity contribution in [2.45, 2.75) is 38.3 Å². The van der Waals surface area contributed by atoms with Crippen LogP contribution in [0.2, 0.25) is 0 Å². The van der Waals surface area contributed by atoms with Gasteiger partial charge in [0.2, 0.25) is 0 Å². The molecule has 96 valence electrons. The molecular formula is C14H18N2OS. The summed E-state index contributed by atoms with van der Waals surface area (Å²) in [6.45, 7) is 1.58. The molecule has 3 nitrogen and oxygen atoms in total. The van der Waals surface area contributed by atoms with Gasteiger partial charge in [-0.1, -0.05) is 25.0 Å². The van der Waals surface area contributed by atoms with E-state index in [-0.39, 0.29) is 0 Å². The summed E-state index contributed by atoms with van der Waals surface area (Å²) in [6, 6.07) is 8.21. The topological polar surface area (TPSA) is 29.9 Å². The van der Waals surface area contributed by atoms with Crippen molar-refractivity contribution in [3.63, 3.8) is 0 Å². The average molecular weight is 262 g/mol. The molecule has 1 aromatic heterocycles. The minimum atomic E-state index is 0.476. The second kappa shape index (κ2) is 5.24. The first-order valence-electron chi connectivity index (χ1n) is 6.64. The number of para-hydroxylation sites is 2. The van der Waals surface area contributed by atoms with E-state index in [4.69, 9.17) is 17.0 Å². The number of nitrogens with zero attached hydrogens (tertiary/aromatic N) is 1. The molecule has 1 N–H and O–H groups in total. The Labute approximate surface area is 112 Å². The van der Waals surface area contributed by atoms with Crippen LogP contribution in [0.3, 0.4) is 0 Å². The van der Waals surface area contributed by atoms with Gasteiger partial charge in [0.05, 0.1) is 23.7 Å². The molecule has 3 rings (SSSR count). The molecule has 0 spiro atoms. The minimum Gasteiger partial charge on any atom is -0.376 e. The lowest BCUT2D eigenvalue weighted by Crippen LogP contribution is -2.13. The molecule has 1 aliphatic rings. The summed E-state index contributed by atoms with van der Waals surface area (Å²) in [6.07, 6.45) is 5.55. The lowest BCUT2D eigenvalue weighted by atomic mass is 10.3. The van der Waals surface area contributed by atoms with Crippen LogP contribution in [0.15, 0.2) is 24.3 Å². The van der Waals surface area contributed by atoms with Crippen molar-refractivity contribution in [1.82, 2.24) is 9.55 Å². The third-order valence-electron chi connectivity index (χ3n) is 3.65. The highest BCUT2D eigenvalue weighted by Gasteiger charge is 2.15. The smallest absolute Gasteiger partial charge is 0.178 e. The number of benzene rings is 1.